The first kappa shape index (κ1) is 12.1. The molecule has 0 spiro atoms. The molecule has 0 saturated heterocycles. The second-order valence-electron chi connectivity index (χ2n) is 2.87. The molecule has 0 fully saturated rings. The van der Waals surface area contributed by atoms with E-state index in [0.717, 1.165) is 11.3 Å². The molecule has 1 aromatic heterocycles. The number of hydrogen-bond acceptors (Lipinski definition) is 3. The van der Waals surface area contributed by atoms with Gasteiger partial charge in [-0.25, -0.2) is 9.18 Å². The van der Waals surface area contributed by atoms with Gasteiger partial charge in [0.2, 0.25) is 0 Å². The van der Waals surface area contributed by atoms with Crippen molar-refractivity contribution in [3.63, 3.8) is 0 Å². The third-order valence-electron chi connectivity index (χ3n) is 1.77. The van der Waals surface area contributed by atoms with Gasteiger partial charge in [-0.15, -0.1) is 11.3 Å². The van der Waals surface area contributed by atoms with E-state index in [1.165, 1.54) is 12.1 Å². The van der Waals surface area contributed by atoms with Crippen molar-refractivity contribution in [3.8, 4) is 0 Å². The zero-order valence-corrected chi connectivity index (χ0v) is 9.15. The molecule has 84 valence electrons. The minimum absolute atomic E-state index is 0.164. The molecule has 0 aromatic carbocycles. The highest BCUT2D eigenvalue weighted by Gasteiger charge is 2.15. The average molecular weight is 234 g/mol. The monoisotopic (exact) mass is 234 g/mol. The van der Waals surface area contributed by atoms with Gasteiger partial charge in [-0.2, -0.15) is 0 Å². The minimum Gasteiger partial charge on any atom is -0.462 e. The number of carbonyl (C=O) groups is 1. The fourth-order valence-corrected chi connectivity index (χ4v) is 1.99. The van der Waals surface area contributed by atoms with Crippen LogP contribution in [0.15, 0.2) is 12.1 Å². The Bertz CT molecular complexity index is 325. The lowest BCUT2D eigenvalue weighted by Crippen LogP contribution is -2.01. The van der Waals surface area contributed by atoms with E-state index in [-0.39, 0.29) is 13.0 Å². The number of esters is 1. The Balaban J connectivity index is 2.67. The van der Waals surface area contributed by atoms with Crippen molar-refractivity contribution in [3.05, 3.63) is 21.9 Å². The van der Waals surface area contributed by atoms with Gasteiger partial charge in [0, 0.05) is 11.3 Å². The van der Waals surface area contributed by atoms with E-state index in [4.69, 9.17) is 4.74 Å². The summed E-state index contributed by atoms with van der Waals surface area (Å²) in [5, 5.41) is 0. The van der Waals surface area contributed by atoms with Crippen molar-refractivity contribution < 1.29 is 18.3 Å². The molecule has 0 aliphatic rings. The van der Waals surface area contributed by atoms with Crippen LogP contribution in [0.5, 0.6) is 0 Å². The van der Waals surface area contributed by atoms with Crippen LogP contribution < -0.4 is 0 Å². The molecule has 0 N–H and O–H groups in total. The van der Waals surface area contributed by atoms with Crippen LogP contribution in [0.1, 0.15) is 34.1 Å². The fraction of sp³-hybridized carbons (Fsp3) is 0.500. The van der Waals surface area contributed by atoms with Crippen molar-refractivity contribution in [2.24, 2.45) is 0 Å². The van der Waals surface area contributed by atoms with Gasteiger partial charge in [-0.05, 0) is 19.1 Å². The van der Waals surface area contributed by atoms with E-state index in [1.807, 2.05) is 0 Å². The van der Waals surface area contributed by atoms with Crippen LogP contribution in [0, 0.1) is 0 Å². The Kier molecular flexibility index (Phi) is 4.68. The van der Waals surface area contributed by atoms with Gasteiger partial charge < -0.3 is 4.74 Å². The van der Waals surface area contributed by atoms with Crippen molar-refractivity contribution in [1.82, 2.24) is 0 Å². The lowest BCUT2D eigenvalue weighted by molar-refractivity contribution is 0.0532. The van der Waals surface area contributed by atoms with Gasteiger partial charge in [0.05, 0.1) is 13.3 Å². The second kappa shape index (κ2) is 5.80. The SMILES string of the molecule is CCOC(=O)c1ccc(C(F)CCF)s1. The van der Waals surface area contributed by atoms with E-state index < -0.39 is 18.8 Å². The zero-order valence-electron chi connectivity index (χ0n) is 8.33. The molecule has 5 heteroatoms. The normalized spacial score (nSPS) is 12.5. The molecule has 1 aromatic rings. The number of ether oxygens (including phenoxy) is 1. The Morgan fingerprint density at radius 1 is 1.60 bits per heavy atom. The summed E-state index contributed by atoms with van der Waals surface area (Å²) in [5.41, 5.74) is 0. The molecule has 0 radical (unpaired) electrons. The summed E-state index contributed by atoms with van der Waals surface area (Å²) in [5.74, 6) is -0.457. The van der Waals surface area contributed by atoms with E-state index in [0.29, 0.717) is 9.75 Å². The van der Waals surface area contributed by atoms with Crippen molar-refractivity contribution in [1.29, 1.82) is 0 Å². The van der Waals surface area contributed by atoms with Crippen molar-refractivity contribution in [2.45, 2.75) is 19.5 Å². The van der Waals surface area contributed by atoms with Crippen LogP contribution in [0.2, 0.25) is 0 Å². The maximum atomic E-state index is 13.2. The molecule has 0 aliphatic carbocycles. The molecule has 2 nitrogen and oxygen atoms in total. The number of alkyl halides is 2. The lowest BCUT2D eigenvalue weighted by atomic mass is 10.2. The molecular formula is C10H12F2O2S. The van der Waals surface area contributed by atoms with Crippen molar-refractivity contribution >= 4 is 17.3 Å². The number of halogens is 2. The topological polar surface area (TPSA) is 26.3 Å². The summed E-state index contributed by atoms with van der Waals surface area (Å²) in [6.45, 7) is 1.29. The highest BCUT2D eigenvalue weighted by Crippen LogP contribution is 2.28. The summed E-state index contributed by atoms with van der Waals surface area (Å²) in [7, 11) is 0. The average Bonchev–Trinajstić information content (AvgIpc) is 2.67. The highest BCUT2D eigenvalue weighted by molar-refractivity contribution is 7.14. The molecule has 15 heavy (non-hydrogen) atoms. The number of rotatable bonds is 5. The quantitative estimate of drug-likeness (QED) is 0.731. The molecule has 0 amide bonds. The third-order valence-corrected chi connectivity index (χ3v) is 2.92. The predicted molar refractivity (Wildman–Crippen MR) is 54.7 cm³/mol. The molecule has 1 atom stereocenters. The third kappa shape index (κ3) is 3.27. The summed E-state index contributed by atoms with van der Waals surface area (Å²) in [6.07, 6.45) is -1.49. The highest BCUT2D eigenvalue weighted by atomic mass is 32.1. The van der Waals surface area contributed by atoms with Gasteiger partial charge in [0.1, 0.15) is 11.0 Å². The van der Waals surface area contributed by atoms with E-state index in [9.17, 15) is 13.6 Å². The Morgan fingerprint density at radius 3 is 2.93 bits per heavy atom. The molecule has 0 aliphatic heterocycles. The molecule has 0 saturated carbocycles. The molecule has 1 heterocycles. The first-order chi connectivity index (χ1) is 7.19. The number of carbonyl (C=O) groups excluding carboxylic acids is 1. The molecule has 0 bridgehead atoms. The first-order valence-corrected chi connectivity index (χ1v) is 5.47. The molecule has 1 unspecified atom stereocenters. The maximum absolute atomic E-state index is 13.2. The Morgan fingerprint density at radius 2 is 2.33 bits per heavy atom. The van der Waals surface area contributed by atoms with Gasteiger partial charge in [0.15, 0.2) is 0 Å². The van der Waals surface area contributed by atoms with Crippen molar-refractivity contribution in [2.75, 3.05) is 13.3 Å². The molecule has 1 rings (SSSR count). The summed E-state index contributed by atoms with van der Waals surface area (Å²) < 4.78 is 29.9. The lowest BCUT2D eigenvalue weighted by Gasteiger charge is -2.01. The van der Waals surface area contributed by atoms with Gasteiger partial charge in [-0.3, -0.25) is 4.39 Å². The second-order valence-corrected chi connectivity index (χ2v) is 3.98. The van der Waals surface area contributed by atoms with Crippen LogP contribution in [0.3, 0.4) is 0 Å². The predicted octanol–water partition coefficient (Wildman–Crippen LogP) is 3.30. The molecular weight excluding hydrogens is 222 g/mol. The van der Waals surface area contributed by atoms with Crippen LogP contribution in [0.25, 0.3) is 0 Å². The van der Waals surface area contributed by atoms with Crippen LogP contribution in [-0.2, 0) is 4.74 Å². The smallest absolute Gasteiger partial charge is 0.348 e. The van der Waals surface area contributed by atoms with E-state index in [1.54, 1.807) is 6.92 Å². The summed E-state index contributed by atoms with van der Waals surface area (Å²) in [6, 6.07) is 3.00. The van der Waals surface area contributed by atoms with Crippen LogP contribution >= 0.6 is 11.3 Å². The zero-order chi connectivity index (χ0) is 11.3. The first-order valence-electron chi connectivity index (χ1n) is 4.66. The minimum atomic E-state index is -1.33. The number of hydrogen-bond donors (Lipinski definition) is 0. The fourth-order valence-electron chi connectivity index (χ4n) is 1.07. The van der Waals surface area contributed by atoms with Gasteiger partial charge in [0.25, 0.3) is 0 Å². The summed E-state index contributed by atoms with van der Waals surface area (Å²) in [4.78, 5) is 12.0. The van der Waals surface area contributed by atoms with Crippen LogP contribution in [0.4, 0.5) is 8.78 Å². The standard InChI is InChI=1S/C10H12F2O2S/c1-2-14-10(13)9-4-3-8(15-9)7(12)5-6-11/h3-4,7H,2,5-6H2,1H3. The van der Waals surface area contributed by atoms with Gasteiger partial charge >= 0.3 is 5.97 Å². The maximum Gasteiger partial charge on any atom is 0.348 e. The Hall–Kier alpha value is -0.970. The van der Waals surface area contributed by atoms with E-state index in [2.05, 4.69) is 0 Å². The largest absolute Gasteiger partial charge is 0.462 e. The Labute approximate surface area is 90.9 Å². The van der Waals surface area contributed by atoms with E-state index >= 15 is 0 Å². The van der Waals surface area contributed by atoms with Gasteiger partial charge in [-0.1, -0.05) is 0 Å². The summed E-state index contributed by atoms with van der Waals surface area (Å²) >= 11 is 1.01. The van der Waals surface area contributed by atoms with Crippen LogP contribution in [-0.4, -0.2) is 19.3 Å². The number of thiophene rings is 1.